The Morgan fingerprint density at radius 1 is 1.21 bits per heavy atom. The van der Waals surface area contributed by atoms with Gasteiger partial charge in [0.1, 0.15) is 6.10 Å². The Morgan fingerprint density at radius 3 is 2.43 bits per heavy atom. The van der Waals surface area contributed by atoms with Crippen molar-refractivity contribution in [2.75, 3.05) is 5.33 Å². The summed E-state index contributed by atoms with van der Waals surface area (Å²) < 4.78 is 0. The van der Waals surface area contributed by atoms with Crippen LogP contribution in [0.3, 0.4) is 0 Å². The van der Waals surface area contributed by atoms with Crippen LogP contribution in [0.4, 0.5) is 0 Å². The first-order valence-electron chi connectivity index (χ1n) is 4.76. The molecule has 0 spiro atoms. The lowest BCUT2D eigenvalue weighted by Gasteiger charge is -2.22. The predicted octanol–water partition coefficient (Wildman–Crippen LogP) is 1.57. The maximum absolute atomic E-state index is 9.75. The predicted molar refractivity (Wildman–Crippen MR) is 58.6 cm³/mol. The van der Waals surface area contributed by atoms with Gasteiger partial charge in [0.2, 0.25) is 0 Å². The molecule has 1 aliphatic rings. The lowest BCUT2D eigenvalue weighted by Crippen LogP contribution is -2.20. The Morgan fingerprint density at radius 2 is 1.93 bits per heavy atom. The molecule has 0 heterocycles. The lowest BCUT2D eigenvalue weighted by atomic mass is 9.86. The van der Waals surface area contributed by atoms with Crippen molar-refractivity contribution >= 4 is 15.9 Å². The first-order chi connectivity index (χ1) is 6.72. The zero-order chi connectivity index (χ0) is 10.1. The molecule has 1 aromatic carbocycles. The van der Waals surface area contributed by atoms with Crippen LogP contribution in [0, 0.1) is 0 Å². The van der Waals surface area contributed by atoms with E-state index in [2.05, 4.69) is 15.9 Å². The maximum atomic E-state index is 9.75. The van der Waals surface area contributed by atoms with E-state index in [1.165, 1.54) is 11.1 Å². The third kappa shape index (κ3) is 1.72. The summed E-state index contributed by atoms with van der Waals surface area (Å²) in [5.74, 6) is 0. The molecule has 76 valence electrons. The second-order valence-electron chi connectivity index (χ2n) is 3.69. The van der Waals surface area contributed by atoms with Crippen LogP contribution in [0.2, 0.25) is 0 Å². The number of hydrogen-bond acceptors (Lipinski definition) is 2. The van der Waals surface area contributed by atoms with Gasteiger partial charge < -0.3 is 10.2 Å². The lowest BCUT2D eigenvalue weighted by molar-refractivity contribution is 0.0342. The monoisotopic (exact) mass is 256 g/mol. The minimum atomic E-state index is -0.778. The fourth-order valence-electron chi connectivity index (χ4n) is 1.71. The smallest absolute Gasteiger partial charge is 0.106 e. The van der Waals surface area contributed by atoms with E-state index < -0.39 is 12.2 Å². The third-order valence-electron chi connectivity index (χ3n) is 2.76. The van der Waals surface area contributed by atoms with Gasteiger partial charge in [-0.3, -0.25) is 0 Å². The van der Waals surface area contributed by atoms with Gasteiger partial charge in [-0.25, -0.2) is 0 Å². The fraction of sp³-hybridized carbons (Fsp3) is 0.455. The van der Waals surface area contributed by atoms with Crippen LogP contribution in [-0.2, 0) is 12.8 Å². The van der Waals surface area contributed by atoms with Crippen molar-refractivity contribution in [1.82, 2.24) is 0 Å². The topological polar surface area (TPSA) is 40.5 Å². The van der Waals surface area contributed by atoms with E-state index in [0.29, 0.717) is 5.33 Å². The number of aryl methyl sites for hydroxylation is 2. The average molecular weight is 257 g/mol. The Balaban J connectivity index is 2.19. The minimum Gasteiger partial charge on any atom is -0.389 e. The van der Waals surface area contributed by atoms with Gasteiger partial charge >= 0.3 is 0 Å². The molecular formula is C11H13BrO2. The number of alkyl halides is 1. The van der Waals surface area contributed by atoms with E-state index in [4.69, 9.17) is 0 Å². The van der Waals surface area contributed by atoms with Gasteiger partial charge in [0.05, 0.1) is 6.10 Å². The highest BCUT2D eigenvalue weighted by Gasteiger charge is 2.20. The Labute approximate surface area is 91.7 Å². The van der Waals surface area contributed by atoms with Gasteiger partial charge in [-0.2, -0.15) is 0 Å². The molecular weight excluding hydrogens is 244 g/mol. The van der Waals surface area contributed by atoms with Crippen molar-refractivity contribution in [3.05, 3.63) is 34.9 Å². The number of halogens is 1. The summed E-state index contributed by atoms with van der Waals surface area (Å²) in [7, 11) is 0. The number of rotatable bonds is 3. The summed E-state index contributed by atoms with van der Waals surface area (Å²) in [5, 5.41) is 19.6. The Hall–Kier alpha value is -0.380. The van der Waals surface area contributed by atoms with Gasteiger partial charge in [0.15, 0.2) is 0 Å². The molecule has 1 aromatic rings. The molecule has 2 N–H and O–H groups in total. The van der Waals surface area contributed by atoms with Gasteiger partial charge in [0.25, 0.3) is 0 Å². The second kappa shape index (κ2) is 4.01. The first-order valence-corrected chi connectivity index (χ1v) is 5.88. The standard InChI is InChI=1S/C11H13BrO2/c12-6-10(13)11(14)9-4-2-7-1-3-8(7)5-9/h2,4-5,10-11,13-14H,1,3,6H2. The molecule has 2 nitrogen and oxygen atoms in total. The Bertz CT molecular complexity index is 338. The third-order valence-corrected chi connectivity index (χ3v) is 3.42. The van der Waals surface area contributed by atoms with Gasteiger partial charge in [-0.05, 0) is 29.5 Å². The van der Waals surface area contributed by atoms with Crippen LogP contribution < -0.4 is 0 Å². The highest BCUT2D eigenvalue weighted by molar-refractivity contribution is 9.09. The summed E-state index contributed by atoms with van der Waals surface area (Å²) in [4.78, 5) is 0. The van der Waals surface area contributed by atoms with Crippen LogP contribution in [0.5, 0.6) is 0 Å². The normalized spacial score (nSPS) is 18.2. The van der Waals surface area contributed by atoms with Crippen LogP contribution in [0.1, 0.15) is 22.8 Å². The molecule has 2 atom stereocenters. The van der Waals surface area contributed by atoms with Crippen molar-refractivity contribution in [3.63, 3.8) is 0 Å². The zero-order valence-corrected chi connectivity index (χ0v) is 9.37. The number of hydrogen-bond donors (Lipinski definition) is 2. The van der Waals surface area contributed by atoms with E-state index in [-0.39, 0.29) is 0 Å². The molecule has 0 aliphatic heterocycles. The summed E-state index contributed by atoms with van der Waals surface area (Å²) in [6.45, 7) is 0. The fourth-order valence-corrected chi connectivity index (χ4v) is 2.06. The molecule has 2 unspecified atom stereocenters. The summed E-state index contributed by atoms with van der Waals surface area (Å²) in [6.07, 6.45) is 0.737. The van der Waals surface area contributed by atoms with Crippen LogP contribution in [0.15, 0.2) is 18.2 Å². The highest BCUT2D eigenvalue weighted by Crippen LogP contribution is 2.27. The van der Waals surface area contributed by atoms with Crippen molar-refractivity contribution < 1.29 is 10.2 Å². The van der Waals surface area contributed by atoms with E-state index in [1.54, 1.807) is 0 Å². The van der Waals surface area contributed by atoms with Crippen molar-refractivity contribution in [3.8, 4) is 0 Å². The summed E-state index contributed by atoms with van der Waals surface area (Å²) >= 11 is 3.15. The Kier molecular flexibility index (Phi) is 2.91. The summed E-state index contributed by atoms with van der Waals surface area (Å²) in [6, 6.07) is 5.93. The number of fused-ring (bicyclic) bond motifs is 1. The minimum absolute atomic E-state index is 0.394. The van der Waals surface area contributed by atoms with Crippen molar-refractivity contribution in [2.45, 2.75) is 25.0 Å². The van der Waals surface area contributed by atoms with Gasteiger partial charge in [-0.1, -0.05) is 34.1 Å². The molecule has 0 saturated heterocycles. The molecule has 0 amide bonds. The number of benzene rings is 1. The molecule has 3 heteroatoms. The van der Waals surface area contributed by atoms with Gasteiger partial charge in [-0.15, -0.1) is 0 Å². The quantitative estimate of drug-likeness (QED) is 0.807. The molecule has 14 heavy (non-hydrogen) atoms. The number of aliphatic hydroxyl groups excluding tert-OH is 2. The van der Waals surface area contributed by atoms with Crippen molar-refractivity contribution in [2.24, 2.45) is 0 Å². The first kappa shape index (κ1) is 10.1. The van der Waals surface area contributed by atoms with Crippen molar-refractivity contribution in [1.29, 1.82) is 0 Å². The van der Waals surface area contributed by atoms with Crippen LogP contribution in [-0.4, -0.2) is 21.6 Å². The van der Waals surface area contributed by atoms with E-state index in [0.717, 1.165) is 18.4 Å². The molecule has 0 fully saturated rings. The average Bonchev–Trinajstić information content (AvgIpc) is 2.18. The van der Waals surface area contributed by atoms with Crippen LogP contribution >= 0.6 is 15.9 Å². The van der Waals surface area contributed by atoms with Crippen LogP contribution in [0.25, 0.3) is 0 Å². The largest absolute Gasteiger partial charge is 0.389 e. The number of aliphatic hydroxyl groups is 2. The summed E-state index contributed by atoms with van der Waals surface area (Å²) in [5.41, 5.74) is 3.49. The molecule has 0 saturated carbocycles. The highest BCUT2D eigenvalue weighted by atomic mass is 79.9. The molecule has 0 bridgehead atoms. The molecule has 2 rings (SSSR count). The SMILES string of the molecule is OC(CBr)C(O)c1ccc2c(c1)CC2. The zero-order valence-electron chi connectivity index (χ0n) is 7.78. The van der Waals surface area contributed by atoms with E-state index >= 15 is 0 Å². The molecule has 0 radical (unpaired) electrons. The van der Waals surface area contributed by atoms with Gasteiger partial charge in [0, 0.05) is 5.33 Å². The van der Waals surface area contributed by atoms with E-state index in [1.807, 2.05) is 18.2 Å². The molecule has 1 aliphatic carbocycles. The van der Waals surface area contributed by atoms with E-state index in [9.17, 15) is 10.2 Å². The second-order valence-corrected chi connectivity index (χ2v) is 4.34. The maximum Gasteiger partial charge on any atom is 0.106 e. The molecule has 0 aromatic heterocycles.